The van der Waals surface area contributed by atoms with Gasteiger partial charge in [-0.25, -0.2) is 8.42 Å². The number of anilines is 1. The van der Waals surface area contributed by atoms with Crippen LogP contribution >= 0.6 is 27.7 Å². The highest BCUT2D eigenvalue weighted by Crippen LogP contribution is 2.22. The summed E-state index contributed by atoms with van der Waals surface area (Å²) in [4.78, 5) is 16.0. The van der Waals surface area contributed by atoms with Crippen molar-refractivity contribution >= 4 is 49.3 Å². The lowest BCUT2D eigenvalue weighted by atomic mass is 10.2. The Kier molecular flexibility index (Phi) is 7.39. The van der Waals surface area contributed by atoms with E-state index in [1.54, 1.807) is 36.0 Å². The fourth-order valence-electron chi connectivity index (χ4n) is 3.22. The smallest absolute Gasteiger partial charge is 0.243 e. The highest BCUT2D eigenvalue weighted by molar-refractivity contribution is 9.10. The van der Waals surface area contributed by atoms with Gasteiger partial charge < -0.3 is 5.32 Å². The molecule has 1 amide bonds. The monoisotopic (exact) mass is 497 g/mol. The molecule has 29 heavy (non-hydrogen) atoms. The van der Waals surface area contributed by atoms with Gasteiger partial charge in [0.25, 0.3) is 0 Å². The molecule has 1 N–H and O–H groups in total. The van der Waals surface area contributed by atoms with Crippen molar-refractivity contribution in [2.24, 2.45) is 0 Å². The van der Waals surface area contributed by atoms with Gasteiger partial charge in [-0.1, -0.05) is 28.1 Å². The molecule has 2 aromatic carbocycles. The number of hydrogen-bond acceptors (Lipinski definition) is 5. The van der Waals surface area contributed by atoms with Crippen LogP contribution in [0.3, 0.4) is 0 Å². The number of amides is 1. The third-order valence-electron chi connectivity index (χ3n) is 4.97. The molecule has 6 nitrogen and oxygen atoms in total. The van der Waals surface area contributed by atoms with Gasteiger partial charge in [0.2, 0.25) is 15.9 Å². The summed E-state index contributed by atoms with van der Waals surface area (Å²) in [5.41, 5.74) is 0.768. The van der Waals surface area contributed by atoms with E-state index in [1.807, 2.05) is 42.3 Å². The molecule has 0 aliphatic carbocycles. The highest BCUT2D eigenvalue weighted by atomic mass is 79.9. The number of piperazine rings is 1. The van der Waals surface area contributed by atoms with Crippen LogP contribution in [0.4, 0.5) is 5.69 Å². The minimum atomic E-state index is -3.54. The second kappa shape index (κ2) is 9.61. The molecule has 0 bridgehead atoms. The number of carbonyl (C=O) groups is 1. The van der Waals surface area contributed by atoms with Crippen molar-refractivity contribution < 1.29 is 13.2 Å². The Hall–Kier alpha value is -1.39. The SMILES string of the molecule is CSc1cccc(NC(=O)C(C)N2CCN(S(=O)(=O)c3cccc(Br)c3)CC2)c1. The predicted octanol–water partition coefficient (Wildman–Crippen LogP) is 3.50. The second-order valence-corrected chi connectivity index (χ2v) is 10.5. The molecule has 1 atom stereocenters. The number of nitrogens with one attached hydrogen (secondary N) is 1. The lowest BCUT2D eigenvalue weighted by molar-refractivity contribution is -0.121. The molecule has 9 heteroatoms. The molecule has 0 radical (unpaired) electrons. The van der Waals surface area contributed by atoms with E-state index in [0.29, 0.717) is 26.2 Å². The minimum absolute atomic E-state index is 0.0912. The Morgan fingerprint density at radius 1 is 1.10 bits per heavy atom. The van der Waals surface area contributed by atoms with Crippen molar-refractivity contribution in [1.29, 1.82) is 0 Å². The van der Waals surface area contributed by atoms with Gasteiger partial charge in [-0.3, -0.25) is 9.69 Å². The number of thioether (sulfide) groups is 1. The van der Waals surface area contributed by atoms with Gasteiger partial charge in [0.15, 0.2) is 0 Å². The van der Waals surface area contributed by atoms with Crippen LogP contribution in [-0.4, -0.2) is 62.0 Å². The van der Waals surface area contributed by atoms with Crippen LogP contribution < -0.4 is 5.32 Å². The van der Waals surface area contributed by atoms with Crippen molar-refractivity contribution in [3.8, 4) is 0 Å². The van der Waals surface area contributed by atoms with Gasteiger partial charge in [0.05, 0.1) is 10.9 Å². The number of hydrogen-bond donors (Lipinski definition) is 1. The summed E-state index contributed by atoms with van der Waals surface area (Å²) >= 11 is 4.94. The Labute approximate surface area is 184 Å². The Balaban J connectivity index is 1.60. The summed E-state index contributed by atoms with van der Waals surface area (Å²) in [6, 6.07) is 14.1. The first-order valence-corrected chi connectivity index (χ1v) is 12.7. The third-order valence-corrected chi connectivity index (χ3v) is 8.08. The van der Waals surface area contributed by atoms with Gasteiger partial charge in [-0.2, -0.15) is 4.31 Å². The number of nitrogens with zero attached hydrogens (tertiary/aromatic N) is 2. The van der Waals surface area contributed by atoms with Crippen LogP contribution in [0.5, 0.6) is 0 Å². The molecule has 1 heterocycles. The molecular formula is C20H24BrN3O3S2. The summed E-state index contributed by atoms with van der Waals surface area (Å²) in [6.07, 6.45) is 1.99. The van der Waals surface area contributed by atoms with E-state index < -0.39 is 10.0 Å². The van der Waals surface area contributed by atoms with E-state index >= 15 is 0 Å². The molecule has 2 aromatic rings. The van der Waals surface area contributed by atoms with E-state index in [9.17, 15) is 13.2 Å². The molecule has 1 aliphatic rings. The van der Waals surface area contributed by atoms with Gasteiger partial charge in [0, 0.05) is 41.2 Å². The quantitative estimate of drug-likeness (QED) is 0.618. The van der Waals surface area contributed by atoms with Crippen molar-refractivity contribution in [3.63, 3.8) is 0 Å². The Morgan fingerprint density at radius 2 is 1.79 bits per heavy atom. The predicted molar refractivity (Wildman–Crippen MR) is 121 cm³/mol. The number of sulfonamides is 1. The normalized spacial score (nSPS) is 17.1. The fourth-order valence-corrected chi connectivity index (χ4v) is 5.70. The van der Waals surface area contributed by atoms with E-state index in [-0.39, 0.29) is 16.8 Å². The molecule has 0 spiro atoms. The van der Waals surface area contributed by atoms with E-state index in [1.165, 1.54) is 4.31 Å². The largest absolute Gasteiger partial charge is 0.325 e. The van der Waals surface area contributed by atoms with Crippen LogP contribution in [0.25, 0.3) is 0 Å². The first kappa shape index (κ1) is 22.3. The van der Waals surface area contributed by atoms with Gasteiger partial charge >= 0.3 is 0 Å². The summed E-state index contributed by atoms with van der Waals surface area (Å²) in [5.74, 6) is -0.0912. The standard InChI is InChI=1S/C20H24BrN3O3S2/c1-15(20(25)22-17-6-4-7-18(14-17)28-2)23-9-11-24(12-10-23)29(26,27)19-8-3-5-16(21)13-19/h3-8,13-15H,9-12H2,1-2H3,(H,22,25). The number of benzene rings is 2. The lowest BCUT2D eigenvalue weighted by Crippen LogP contribution is -2.53. The molecule has 3 rings (SSSR count). The van der Waals surface area contributed by atoms with Crippen LogP contribution in [0.15, 0.2) is 62.8 Å². The first-order chi connectivity index (χ1) is 13.8. The molecule has 1 unspecified atom stereocenters. The topological polar surface area (TPSA) is 69.7 Å². The molecule has 1 aliphatic heterocycles. The molecule has 1 saturated heterocycles. The van der Waals surface area contributed by atoms with Crippen molar-refractivity contribution in [3.05, 3.63) is 53.0 Å². The summed E-state index contributed by atoms with van der Waals surface area (Å²) in [6.45, 7) is 3.58. The average Bonchev–Trinajstić information content (AvgIpc) is 2.73. The summed E-state index contributed by atoms with van der Waals surface area (Å²) in [5, 5.41) is 2.96. The van der Waals surface area contributed by atoms with E-state index in [4.69, 9.17) is 0 Å². The number of rotatable bonds is 6. The average molecular weight is 498 g/mol. The van der Waals surface area contributed by atoms with Gasteiger partial charge in [0.1, 0.15) is 0 Å². The highest BCUT2D eigenvalue weighted by Gasteiger charge is 2.31. The maximum absolute atomic E-state index is 12.9. The zero-order chi connectivity index (χ0) is 21.0. The van der Waals surface area contributed by atoms with Gasteiger partial charge in [-0.15, -0.1) is 11.8 Å². The molecular weight excluding hydrogens is 474 g/mol. The zero-order valence-corrected chi connectivity index (χ0v) is 19.6. The molecule has 156 valence electrons. The van der Waals surface area contributed by atoms with Crippen LogP contribution in [-0.2, 0) is 14.8 Å². The number of halogens is 1. The minimum Gasteiger partial charge on any atom is -0.325 e. The van der Waals surface area contributed by atoms with Crippen LogP contribution in [0, 0.1) is 0 Å². The first-order valence-electron chi connectivity index (χ1n) is 9.26. The summed E-state index contributed by atoms with van der Waals surface area (Å²) in [7, 11) is -3.54. The number of carbonyl (C=O) groups excluding carboxylic acids is 1. The van der Waals surface area contributed by atoms with Gasteiger partial charge in [-0.05, 0) is 49.6 Å². The maximum atomic E-state index is 12.9. The van der Waals surface area contributed by atoms with Crippen LogP contribution in [0.2, 0.25) is 0 Å². The van der Waals surface area contributed by atoms with E-state index in [0.717, 1.165) is 15.1 Å². The van der Waals surface area contributed by atoms with E-state index in [2.05, 4.69) is 21.2 Å². The summed E-state index contributed by atoms with van der Waals surface area (Å²) < 4.78 is 27.9. The third kappa shape index (κ3) is 5.40. The van der Waals surface area contributed by atoms with Crippen molar-refractivity contribution in [2.75, 3.05) is 37.8 Å². The lowest BCUT2D eigenvalue weighted by Gasteiger charge is -2.36. The van der Waals surface area contributed by atoms with Crippen molar-refractivity contribution in [1.82, 2.24) is 9.21 Å². The Bertz CT molecular complexity index is 976. The molecule has 1 fully saturated rings. The van der Waals surface area contributed by atoms with Crippen LogP contribution in [0.1, 0.15) is 6.92 Å². The molecule has 0 saturated carbocycles. The Morgan fingerprint density at radius 3 is 2.45 bits per heavy atom. The zero-order valence-electron chi connectivity index (χ0n) is 16.3. The molecule has 0 aromatic heterocycles. The van der Waals surface area contributed by atoms with Crippen molar-refractivity contribution in [2.45, 2.75) is 22.8 Å². The second-order valence-electron chi connectivity index (χ2n) is 6.79. The maximum Gasteiger partial charge on any atom is 0.243 e. The fraction of sp³-hybridized carbons (Fsp3) is 0.350.